The van der Waals surface area contributed by atoms with Gasteiger partial charge in [-0.15, -0.1) is 11.6 Å². The van der Waals surface area contributed by atoms with Crippen LogP contribution in [0.5, 0.6) is 0 Å². The third-order valence-corrected chi connectivity index (χ3v) is 3.54. The Morgan fingerprint density at radius 2 is 2.18 bits per heavy atom. The van der Waals surface area contributed by atoms with E-state index in [1.54, 1.807) is 0 Å². The van der Waals surface area contributed by atoms with Gasteiger partial charge in [0.1, 0.15) is 11.3 Å². The lowest BCUT2D eigenvalue weighted by Gasteiger charge is -2.07. The third kappa shape index (κ3) is 1.66. The summed E-state index contributed by atoms with van der Waals surface area (Å²) in [7, 11) is 0. The molecule has 0 saturated heterocycles. The minimum absolute atomic E-state index is 0.625. The number of hydrogen-bond acceptors (Lipinski definition) is 2. The van der Waals surface area contributed by atoms with Crippen molar-refractivity contribution in [3.05, 3.63) is 11.5 Å². The van der Waals surface area contributed by atoms with Crippen LogP contribution >= 0.6 is 11.6 Å². The Morgan fingerprint density at radius 3 is 2.76 bits per heavy atom. The Bertz CT molecular complexity index is 550. The molecular weight excluding hydrogens is 236 g/mol. The number of imidazole rings is 1. The van der Waals surface area contributed by atoms with E-state index < -0.39 is 0 Å². The first-order chi connectivity index (χ1) is 8.26. The number of halogens is 1. The van der Waals surface area contributed by atoms with Crippen LogP contribution in [0.4, 0.5) is 0 Å². The van der Waals surface area contributed by atoms with Gasteiger partial charge in [-0.25, -0.2) is 9.67 Å². The minimum Gasteiger partial charge on any atom is -0.310 e. The lowest BCUT2D eigenvalue weighted by molar-refractivity contribution is 0.621. The lowest BCUT2D eigenvalue weighted by Crippen LogP contribution is -2.07. The molecule has 0 N–H and O–H groups in total. The Morgan fingerprint density at radius 1 is 1.41 bits per heavy atom. The molecule has 0 bridgehead atoms. The molecule has 4 nitrogen and oxygen atoms in total. The van der Waals surface area contributed by atoms with Gasteiger partial charge in [0.2, 0.25) is 0 Å². The van der Waals surface area contributed by atoms with Crippen LogP contribution in [-0.2, 0) is 13.0 Å². The van der Waals surface area contributed by atoms with Crippen molar-refractivity contribution in [2.45, 2.75) is 45.7 Å². The molecule has 0 radical (unpaired) electrons. The predicted molar refractivity (Wildman–Crippen MR) is 68.6 cm³/mol. The van der Waals surface area contributed by atoms with Gasteiger partial charge in [0.25, 0.3) is 0 Å². The van der Waals surface area contributed by atoms with Crippen LogP contribution in [0.25, 0.3) is 11.2 Å². The highest BCUT2D eigenvalue weighted by Gasteiger charge is 2.30. The summed E-state index contributed by atoms with van der Waals surface area (Å²) in [6.45, 7) is 5.05. The second-order valence-electron chi connectivity index (χ2n) is 4.64. The summed E-state index contributed by atoms with van der Waals surface area (Å²) in [5, 5.41) is 4.54. The summed E-state index contributed by atoms with van der Waals surface area (Å²) in [4.78, 5) is 4.73. The zero-order valence-corrected chi connectivity index (χ0v) is 11.0. The molecule has 1 aliphatic rings. The molecule has 1 fully saturated rings. The average molecular weight is 253 g/mol. The van der Waals surface area contributed by atoms with Crippen molar-refractivity contribution in [3.63, 3.8) is 0 Å². The van der Waals surface area contributed by atoms with E-state index in [1.807, 2.05) is 6.92 Å². The van der Waals surface area contributed by atoms with Crippen LogP contribution in [-0.4, -0.2) is 25.2 Å². The highest BCUT2D eigenvalue weighted by atomic mass is 35.5. The Balaban J connectivity index is 2.24. The molecule has 92 valence electrons. The van der Waals surface area contributed by atoms with Crippen molar-refractivity contribution in [2.24, 2.45) is 0 Å². The van der Waals surface area contributed by atoms with Crippen molar-refractivity contribution < 1.29 is 0 Å². The lowest BCUT2D eigenvalue weighted by atomic mass is 10.4. The molecule has 3 rings (SSSR count). The van der Waals surface area contributed by atoms with E-state index in [9.17, 15) is 0 Å². The van der Waals surface area contributed by atoms with Crippen LogP contribution in [0.2, 0.25) is 0 Å². The molecule has 0 atom stereocenters. The molecule has 1 aliphatic carbocycles. The maximum atomic E-state index is 5.87. The summed E-state index contributed by atoms with van der Waals surface area (Å²) in [6.07, 6.45) is 3.36. The predicted octanol–water partition coefficient (Wildman–Crippen LogP) is 2.68. The van der Waals surface area contributed by atoms with E-state index in [-0.39, 0.29) is 0 Å². The summed E-state index contributed by atoms with van der Waals surface area (Å²) in [5.74, 6) is 1.76. The fraction of sp³-hybridized carbons (Fsp3) is 0.667. The fourth-order valence-electron chi connectivity index (χ4n) is 2.43. The first kappa shape index (κ1) is 11.1. The second kappa shape index (κ2) is 4.02. The Labute approximate surface area is 106 Å². The first-order valence-corrected chi connectivity index (χ1v) is 6.80. The maximum Gasteiger partial charge on any atom is 0.159 e. The zero-order chi connectivity index (χ0) is 12.0. The highest BCUT2D eigenvalue weighted by molar-refractivity contribution is 6.17. The largest absolute Gasteiger partial charge is 0.310 e. The van der Waals surface area contributed by atoms with Gasteiger partial charge in [-0.2, -0.15) is 5.10 Å². The highest BCUT2D eigenvalue weighted by Crippen LogP contribution is 2.39. The monoisotopic (exact) mass is 252 g/mol. The van der Waals surface area contributed by atoms with Gasteiger partial charge in [-0.1, -0.05) is 0 Å². The molecule has 0 aromatic carbocycles. The van der Waals surface area contributed by atoms with Crippen molar-refractivity contribution in [2.75, 3.05) is 5.88 Å². The van der Waals surface area contributed by atoms with Crippen molar-refractivity contribution in [3.8, 4) is 0 Å². The first-order valence-electron chi connectivity index (χ1n) is 6.26. The van der Waals surface area contributed by atoms with Crippen LogP contribution < -0.4 is 0 Å². The molecule has 2 aromatic heterocycles. The fourth-order valence-corrected chi connectivity index (χ4v) is 2.60. The molecule has 5 heteroatoms. The van der Waals surface area contributed by atoms with Gasteiger partial charge < -0.3 is 4.57 Å². The van der Waals surface area contributed by atoms with Gasteiger partial charge in [0.15, 0.2) is 5.65 Å². The number of rotatable bonds is 4. The van der Waals surface area contributed by atoms with E-state index in [0.29, 0.717) is 11.9 Å². The van der Waals surface area contributed by atoms with Gasteiger partial charge in [-0.05, 0) is 26.7 Å². The maximum absolute atomic E-state index is 5.87. The van der Waals surface area contributed by atoms with Crippen LogP contribution in [0.3, 0.4) is 0 Å². The standard InChI is InChI=1S/C12H17ClN4/c1-3-16-12-11(8(2)15-16)14-10(6-7-13)17(12)9-4-5-9/h9H,3-7H2,1-2H3. The van der Waals surface area contributed by atoms with Crippen molar-refractivity contribution in [1.82, 2.24) is 19.3 Å². The SMILES string of the molecule is CCn1nc(C)c2nc(CCCl)n(C3CC3)c21. The molecule has 0 amide bonds. The molecule has 0 unspecified atom stereocenters. The van der Waals surface area contributed by atoms with Crippen molar-refractivity contribution in [1.29, 1.82) is 0 Å². The molecule has 2 heterocycles. The van der Waals surface area contributed by atoms with Crippen molar-refractivity contribution >= 4 is 22.8 Å². The molecular formula is C12H17ClN4. The molecule has 17 heavy (non-hydrogen) atoms. The number of hydrogen-bond donors (Lipinski definition) is 0. The van der Waals surface area contributed by atoms with E-state index in [1.165, 1.54) is 18.5 Å². The second-order valence-corrected chi connectivity index (χ2v) is 5.02. The van der Waals surface area contributed by atoms with Crippen LogP contribution in [0.15, 0.2) is 0 Å². The minimum atomic E-state index is 0.625. The number of aryl methyl sites for hydroxylation is 3. The van der Waals surface area contributed by atoms with Gasteiger partial charge in [0.05, 0.1) is 5.69 Å². The summed E-state index contributed by atoms with van der Waals surface area (Å²) >= 11 is 5.87. The van der Waals surface area contributed by atoms with E-state index in [0.717, 1.165) is 30.0 Å². The van der Waals surface area contributed by atoms with Crippen LogP contribution in [0, 0.1) is 6.92 Å². The molecule has 0 spiro atoms. The topological polar surface area (TPSA) is 35.6 Å². The smallest absolute Gasteiger partial charge is 0.159 e. The molecule has 0 aliphatic heterocycles. The zero-order valence-electron chi connectivity index (χ0n) is 10.3. The number of alkyl halides is 1. The molecule has 1 saturated carbocycles. The number of aromatic nitrogens is 4. The number of nitrogens with zero attached hydrogens (tertiary/aromatic N) is 4. The van der Waals surface area contributed by atoms with E-state index in [4.69, 9.17) is 16.6 Å². The van der Waals surface area contributed by atoms with Gasteiger partial charge >= 0.3 is 0 Å². The Hall–Kier alpha value is -1.03. The normalized spacial score (nSPS) is 15.9. The van der Waals surface area contributed by atoms with Crippen LogP contribution in [0.1, 0.15) is 37.3 Å². The summed E-state index contributed by atoms with van der Waals surface area (Å²) < 4.78 is 4.43. The van der Waals surface area contributed by atoms with E-state index in [2.05, 4.69) is 21.3 Å². The van der Waals surface area contributed by atoms with Gasteiger partial charge in [0, 0.05) is 24.9 Å². The number of fused-ring (bicyclic) bond motifs is 1. The summed E-state index contributed by atoms with van der Waals surface area (Å²) in [6, 6.07) is 0.625. The molecule has 2 aromatic rings. The third-order valence-electron chi connectivity index (χ3n) is 3.35. The van der Waals surface area contributed by atoms with Gasteiger partial charge in [-0.3, -0.25) is 0 Å². The van der Waals surface area contributed by atoms with E-state index >= 15 is 0 Å². The average Bonchev–Trinajstić information content (AvgIpc) is 3.01. The summed E-state index contributed by atoms with van der Waals surface area (Å²) in [5.41, 5.74) is 3.27. The Kier molecular flexibility index (Phi) is 2.62. The quantitative estimate of drug-likeness (QED) is 0.785.